The molecule has 1 aromatic carbocycles. The summed E-state index contributed by atoms with van der Waals surface area (Å²) in [5.74, 6) is -10.3. The molecule has 79 valence electrons. The molecule has 0 heterocycles. The van der Waals surface area contributed by atoms with E-state index in [2.05, 4.69) is 0 Å². The number of allylic oxidation sites excluding steroid dienone is 1. The molecule has 0 unspecified atom stereocenters. The highest BCUT2D eigenvalue weighted by Crippen LogP contribution is 2.23. The van der Waals surface area contributed by atoms with E-state index in [0.717, 1.165) is 6.29 Å². The van der Waals surface area contributed by atoms with Crippen LogP contribution in [0.25, 0.3) is 6.08 Å². The second-order valence-electron chi connectivity index (χ2n) is 2.43. The first-order chi connectivity index (χ1) is 7.00. The van der Waals surface area contributed by atoms with Gasteiger partial charge in [-0.05, 0) is 12.2 Å². The fourth-order valence-corrected chi connectivity index (χ4v) is 0.886. The van der Waals surface area contributed by atoms with Crippen molar-refractivity contribution < 1.29 is 26.7 Å². The van der Waals surface area contributed by atoms with Crippen LogP contribution in [0.2, 0.25) is 0 Å². The number of carbonyl (C=O) groups excluding carboxylic acids is 1. The molecule has 6 heteroatoms. The Balaban J connectivity index is 3.52. The molecule has 0 aliphatic heterocycles. The van der Waals surface area contributed by atoms with Crippen molar-refractivity contribution in [2.24, 2.45) is 0 Å². The minimum Gasteiger partial charge on any atom is -0.286 e. The van der Waals surface area contributed by atoms with Crippen LogP contribution in [-0.2, 0) is 4.79 Å². The summed E-state index contributed by atoms with van der Waals surface area (Å²) in [5.41, 5.74) is -1.17. The third kappa shape index (κ3) is 1.88. The lowest BCUT2D eigenvalue weighted by atomic mass is 10.1. The molecule has 1 radical (unpaired) electrons. The van der Waals surface area contributed by atoms with E-state index in [0.29, 0.717) is 12.2 Å². The molecule has 0 aliphatic rings. The Hall–Kier alpha value is -1.72. The van der Waals surface area contributed by atoms with Gasteiger partial charge in [-0.25, -0.2) is 22.0 Å². The van der Waals surface area contributed by atoms with E-state index >= 15 is 0 Å². The molecule has 0 N–H and O–H groups in total. The Morgan fingerprint density at radius 2 is 1.20 bits per heavy atom. The van der Waals surface area contributed by atoms with E-state index in [4.69, 9.17) is 0 Å². The van der Waals surface area contributed by atoms with E-state index in [1.165, 1.54) is 0 Å². The SMILES string of the molecule is O=[C]/C=C/c1c(F)c(F)c(F)c(F)c1F. The molecule has 0 bridgehead atoms. The van der Waals surface area contributed by atoms with Crippen LogP contribution in [0.1, 0.15) is 5.56 Å². The Kier molecular flexibility index (Phi) is 3.18. The molecule has 0 amide bonds. The first-order valence-electron chi connectivity index (χ1n) is 3.56. The van der Waals surface area contributed by atoms with Crippen LogP contribution in [0.4, 0.5) is 22.0 Å². The molecule has 1 rings (SSSR count). The lowest BCUT2D eigenvalue weighted by Gasteiger charge is -2.03. The standard InChI is InChI=1S/C9H2F5O/c10-5-4(2-1-3-15)6(11)8(13)9(14)7(5)12/h1-2H/b2-1+. The first-order valence-corrected chi connectivity index (χ1v) is 3.56. The summed E-state index contributed by atoms with van der Waals surface area (Å²) in [6.07, 6.45) is 2.07. The van der Waals surface area contributed by atoms with E-state index in [-0.39, 0.29) is 0 Å². The maximum atomic E-state index is 12.8. The maximum absolute atomic E-state index is 12.8. The van der Waals surface area contributed by atoms with Crippen molar-refractivity contribution in [1.82, 2.24) is 0 Å². The summed E-state index contributed by atoms with van der Waals surface area (Å²) in [4.78, 5) is 9.72. The van der Waals surface area contributed by atoms with Crippen molar-refractivity contribution in [3.8, 4) is 0 Å². The van der Waals surface area contributed by atoms with Crippen LogP contribution in [0.15, 0.2) is 6.08 Å². The Labute approximate surface area is 80.8 Å². The summed E-state index contributed by atoms with van der Waals surface area (Å²) < 4.78 is 63.2. The van der Waals surface area contributed by atoms with E-state index < -0.39 is 34.6 Å². The van der Waals surface area contributed by atoms with Gasteiger partial charge in [0.05, 0.1) is 5.56 Å². The highest BCUT2D eigenvalue weighted by Gasteiger charge is 2.23. The molecule has 15 heavy (non-hydrogen) atoms. The van der Waals surface area contributed by atoms with Crippen LogP contribution < -0.4 is 0 Å². The second-order valence-corrected chi connectivity index (χ2v) is 2.43. The zero-order chi connectivity index (χ0) is 11.6. The monoisotopic (exact) mass is 221 g/mol. The molecule has 1 aromatic rings. The molecular formula is C9H2F5O. The van der Waals surface area contributed by atoms with Gasteiger partial charge in [0.15, 0.2) is 23.3 Å². The quantitative estimate of drug-likeness (QED) is 0.324. The van der Waals surface area contributed by atoms with Crippen molar-refractivity contribution in [3.63, 3.8) is 0 Å². The van der Waals surface area contributed by atoms with Gasteiger partial charge in [-0.15, -0.1) is 0 Å². The first kappa shape index (κ1) is 11.4. The van der Waals surface area contributed by atoms with Crippen molar-refractivity contribution in [2.45, 2.75) is 0 Å². The largest absolute Gasteiger partial charge is 0.286 e. The molecular weight excluding hydrogens is 219 g/mol. The van der Waals surface area contributed by atoms with Crippen molar-refractivity contribution in [1.29, 1.82) is 0 Å². The van der Waals surface area contributed by atoms with Gasteiger partial charge >= 0.3 is 0 Å². The van der Waals surface area contributed by atoms with Crippen molar-refractivity contribution in [2.75, 3.05) is 0 Å². The zero-order valence-corrected chi connectivity index (χ0v) is 6.95. The second kappa shape index (κ2) is 4.20. The molecule has 0 aromatic heterocycles. The molecule has 1 nitrogen and oxygen atoms in total. The minimum absolute atomic E-state index is 0.448. The van der Waals surface area contributed by atoms with Gasteiger partial charge in [0, 0.05) is 0 Å². The summed E-state index contributed by atoms with van der Waals surface area (Å²) in [6, 6.07) is 0. The maximum Gasteiger partial charge on any atom is 0.225 e. The van der Waals surface area contributed by atoms with Gasteiger partial charge in [0.2, 0.25) is 12.1 Å². The van der Waals surface area contributed by atoms with Crippen molar-refractivity contribution >= 4 is 12.4 Å². The number of rotatable bonds is 2. The highest BCUT2D eigenvalue weighted by molar-refractivity contribution is 5.74. The molecule has 0 atom stereocenters. The Morgan fingerprint density at radius 1 is 0.800 bits per heavy atom. The normalized spacial score (nSPS) is 11.0. The molecule has 0 saturated carbocycles. The summed E-state index contributed by atoms with van der Waals surface area (Å²) >= 11 is 0. The van der Waals surface area contributed by atoms with E-state index in [1.54, 1.807) is 0 Å². The zero-order valence-electron chi connectivity index (χ0n) is 6.95. The van der Waals surface area contributed by atoms with E-state index in [9.17, 15) is 26.7 Å². The molecule has 0 fully saturated rings. The minimum atomic E-state index is -2.24. The third-order valence-corrected chi connectivity index (χ3v) is 1.56. The van der Waals surface area contributed by atoms with Crippen LogP contribution in [0.5, 0.6) is 0 Å². The molecule has 0 saturated heterocycles. The van der Waals surface area contributed by atoms with Gasteiger partial charge in [-0.2, -0.15) is 0 Å². The average molecular weight is 221 g/mol. The molecule has 0 spiro atoms. The summed E-state index contributed by atoms with van der Waals surface area (Å²) in [5, 5.41) is 0. The third-order valence-electron chi connectivity index (χ3n) is 1.56. The number of benzene rings is 1. The van der Waals surface area contributed by atoms with Crippen LogP contribution >= 0.6 is 0 Å². The lowest BCUT2D eigenvalue weighted by molar-refractivity contribution is 0.377. The topological polar surface area (TPSA) is 17.1 Å². The summed E-state index contributed by atoms with van der Waals surface area (Å²) in [6.45, 7) is 0. The van der Waals surface area contributed by atoms with Crippen LogP contribution in [0.3, 0.4) is 0 Å². The van der Waals surface area contributed by atoms with Gasteiger partial charge in [0.25, 0.3) is 0 Å². The number of hydrogen-bond acceptors (Lipinski definition) is 1. The predicted octanol–water partition coefficient (Wildman–Crippen LogP) is 2.50. The van der Waals surface area contributed by atoms with Gasteiger partial charge in [0.1, 0.15) is 0 Å². The Morgan fingerprint density at radius 3 is 1.60 bits per heavy atom. The predicted molar refractivity (Wildman–Crippen MR) is 41.0 cm³/mol. The fourth-order valence-electron chi connectivity index (χ4n) is 0.886. The number of hydrogen-bond donors (Lipinski definition) is 0. The van der Waals surface area contributed by atoms with Crippen LogP contribution in [0, 0.1) is 29.1 Å². The van der Waals surface area contributed by atoms with Crippen LogP contribution in [-0.4, -0.2) is 6.29 Å². The average Bonchev–Trinajstić information content (AvgIpc) is 2.24. The van der Waals surface area contributed by atoms with Gasteiger partial charge in [-0.1, -0.05) is 0 Å². The Bertz CT molecular complexity index is 410. The molecule has 0 aliphatic carbocycles. The van der Waals surface area contributed by atoms with Gasteiger partial charge < -0.3 is 0 Å². The van der Waals surface area contributed by atoms with Gasteiger partial charge in [-0.3, -0.25) is 4.79 Å². The van der Waals surface area contributed by atoms with Crippen molar-refractivity contribution in [3.05, 3.63) is 40.7 Å². The van der Waals surface area contributed by atoms with E-state index in [1.807, 2.05) is 0 Å². The summed E-state index contributed by atoms with van der Waals surface area (Å²) in [7, 11) is 0. The lowest BCUT2D eigenvalue weighted by Crippen LogP contribution is -2.03. The number of halogens is 5. The smallest absolute Gasteiger partial charge is 0.225 e. The highest BCUT2D eigenvalue weighted by atomic mass is 19.2. The fraction of sp³-hybridized carbons (Fsp3) is 0.